The summed E-state index contributed by atoms with van der Waals surface area (Å²) in [5.41, 5.74) is 2.02. The lowest BCUT2D eigenvalue weighted by Crippen LogP contribution is -2.30. The molecule has 1 amide bonds. The molecule has 1 aromatic heterocycles. The SMILES string of the molecule is CCOc1cc(C)c(Cl)cc1C(NC(=O)CC)c1nccnc1Cl. The molecule has 1 N–H and O–H groups in total. The van der Waals surface area contributed by atoms with E-state index in [-0.39, 0.29) is 11.1 Å². The number of amides is 1. The molecule has 7 heteroatoms. The number of aryl methyl sites for hydroxylation is 1. The summed E-state index contributed by atoms with van der Waals surface area (Å²) in [4.78, 5) is 20.4. The molecule has 0 spiro atoms. The molecule has 0 radical (unpaired) electrons. The molecule has 0 saturated heterocycles. The fraction of sp³-hybridized carbons (Fsp3) is 0.353. The molecule has 2 rings (SSSR count). The number of nitrogens with one attached hydrogen (secondary N) is 1. The molecule has 0 bridgehead atoms. The van der Waals surface area contributed by atoms with Gasteiger partial charge in [-0.05, 0) is 31.5 Å². The topological polar surface area (TPSA) is 64.1 Å². The summed E-state index contributed by atoms with van der Waals surface area (Å²) >= 11 is 12.5. The number of carbonyl (C=O) groups is 1. The minimum atomic E-state index is -0.599. The molecule has 2 aromatic rings. The van der Waals surface area contributed by atoms with E-state index in [0.717, 1.165) is 5.56 Å². The van der Waals surface area contributed by atoms with E-state index in [1.54, 1.807) is 13.0 Å². The Hall–Kier alpha value is -1.85. The van der Waals surface area contributed by atoms with Crippen LogP contribution in [0.2, 0.25) is 10.2 Å². The molecule has 0 aliphatic carbocycles. The van der Waals surface area contributed by atoms with Crippen LogP contribution in [-0.4, -0.2) is 22.5 Å². The summed E-state index contributed by atoms with van der Waals surface area (Å²) < 4.78 is 5.73. The molecule has 24 heavy (non-hydrogen) atoms. The van der Waals surface area contributed by atoms with Crippen molar-refractivity contribution in [3.05, 3.63) is 51.5 Å². The van der Waals surface area contributed by atoms with Crippen LogP contribution >= 0.6 is 23.2 Å². The first-order valence-corrected chi connectivity index (χ1v) is 8.42. The number of halogens is 2. The van der Waals surface area contributed by atoms with Gasteiger partial charge >= 0.3 is 0 Å². The summed E-state index contributed by atoms with van der Waals surface area (Å²) in [5.74, 6) is 0.489. The Bertz CT molecular complexity index is 738. The molecule has 1 atom stereocenters. The van der Waals surface area contributed by atoms with E-state index in [1.165, 1.54) is 12.4 Å². The molecule has 0 aliphatic rings. The zero-order chi connectivity index (χ0) is 17.7. The maximum absolute atomic E-state index is 12.0. The predicted octanol–water partition coefficient (Wildman–Crippen LogP) is 4.11. The minimum Gasteiger partial charge on any atom is -0.493 e. The molecular weight excluding hydrogens is 349 g/mol. The van der Waals surface area contributed by atoms with Gasteiger partial charge in [0, 0.05) is 29.4 Å². The Labute approximate surface area is 151 Å². The fourth-order valence-electron chi connectivity index (χ4n) is 2.26. The smallest absolute Gasteiger partial charge is 0.220 e. The second-order valence-corrected chi connectivity index (χ2v) is 5.92. The normalized spacial score (nSPS) is 11.9. The lowest BCUT2D eigenvalue weighted by molar-refractivity contribution is -0.121. The van der Waals surface area contributed by atoms with E-state index in [1.807, 2.05) is 19.9 Å². The van der Waals surface area contributed by atoms with Crippen molar-refractivity contribution in [2.45, 2.75) is 33.2 Å². The van der Waals surface area contributed by atoms with Crippen LogP contribution in [0.1, 0.15) is 43.1 Å². The van der Waals surface area contributed by atoms with Gasteiger partial charge < -0.3 is 10.1 Å². The number of ether oxygens (including phenoxy) is 1. The number of rotatable bonds is 6. The minimum absolute atomic E-state index is 0.138. The van der Waals surface area contributed by atoms with E-state index in [0.29, 0.717) is 35.1 Å². The van der Waals surface area contributed by atoms with E-state index >= 15 is 0 Å². The third kappa shape index (κ3) is 4.16. The summed E-state index contributed by atoms with van der Waals surface area (Å²) in [5, 5.41) is 3.71. The first kappa shape index (κ1) is 18.5. The van der Waals surface area contributed by atoms with Gasteiger partial charge in [-0.1, -0.05) is 30.1 Å². The van der Waals surface area contributed by atoms with Gasteiger partial charge in [-0.15, -0.1) is 0 Å². The highest BCUT2D eigenvalue weighted by molar-refractivity contribution is 6.31. The van der Waals surface area contributed by atoms with E-state index < -0.39 is 6.04 Å². The summed E-state index contributed by atoms with van der Waals surface area (Å²) in [6, 6.07) is 3.02. The molecule has 128 valence electrons. The van der Waals surface area contributed by atoms with Crippen molar-refractivity contribution in [2.24, 2.45) is 0 Å². The molecule has 1 heterocycles. The standard InChI is InChI=1S/C17H19Cl2N3O2/c1-4-14(23)22-15(16-17(19)21-7-6-20-16)11-9-12(18)10(3)8-13(11)24-5-2/h6-9,15H,4-5H2,1-3H3,(H,22,23). The largest absolute Gasteiger partial charge is 0.493 e. The maximum Gasteiger partial charge on any atom is 0.220 e. The summed E-state index contributed by atoms with van der Waals surface area (Å²) in [7, 11) is 0. The van der Waals surface area contributed by atoms with Gasteiger partial charge in [0.25, 0.3) is 0 Å². The van der Waals surface area contributed by atoms with Crippen molar-refractivity contribution in [2.75, 3.05) is 6.61 Å². The zero-order valence-corrected chi connectivity index (χ0v) is 15.3. The second-order valence-electron chi connectivity index (χ2n) is 5.16. The number of carbonyl (C=O) groups excluding carboxylic acids is 1. The molecule has 0 fully saturated rings. The van der Waals surface area contributed by atoms with Crippen molar-refractivity contribution in [1.82, 2.24) is 15.3 Å². The Kier molecular flexibility index (Phi) is 6.40. The molecule has 5 nitrogen and oxygen atoms in total. The Morgan fingerprint density at radius 1 is 1.25 bits per heavy atom. The highest BCUT2D eigenvalue weighted by Gasteiger charge is 2.25. The van der Waals surface area contributed by atoms with Crippen LogP contribution in [0.3, 0.4) is 0 Å². The van der Waals surface area contributed by atoms with Crippen LogP contribution in [0.15, 0.2) is 24.5 Å². The highest BCUT2D eigenvalue weighted by Crippen LogP contribution is 2.35. The lowest BCUT2D eigenvalue weighted by atomic mass is 10.0. The summed E-state index contributed by atoms with van der Waals surface area (Å²) in [6.07, 6.45) is 3.36. The van der Waals surface area contributed by atoms with Crippen molar-refractivity contribution >= 4 is 29.1 Å². The van der Waals surface area contributed by atoms with Crippen LogP contribution in [0.5, 0.6) is 5.75 Å². The van der Waals surface area contributed by atoms with Crippen molar-refractivity contribution in [3.63, 3.8) is 0 Å². The maximum atomic E-state index is 12.0. The van der Waals surface area contributed by atoms with Crippen molar-refractivity contribution < 1.29 is 9.53 Å². The average molecular weight is 368 g/mol. The van der Waals surface area contributed by atoms with Gasteiger partial charge in [0.2, 0.25) is 5.91 Å². The van der Waals surface area contributed by atoms with Gasteiger partial charge in [-0.3, -0.25) is 9.78 Å². The van der Waals surface area contributed by atoms with E-state index in [4.69, 9.17) is 27.9 Å². The number of benzene rings is 1. The Balaban J connectivity index is 2.61. The van der Waals surface area contributed by atoms with Gasteiger partial charge in [-0.25, -0.2) is 4.98 Å². The predicted molar refractivity (Wildman–Crippen MR) is 94.7 cm³/mol. The number of nitrogens with zero attached hydrogens (tertiary/aromatic N) is 2. The summed E-state index contributed by atoms with van der Waals surface area (Å²) in [6.45, 7) is 6.04. The highest BCUT2D eigenvalue weighted by atomic mass is 35.5. The molecular formula is C17H19Cl2N3O2. The molecule has 1 unspecified atom stereocenters. The second kappa shape index (κ2) is 8.31. The van der Waals surface area contributed by atoms with Gasteiger partial charge in [-0.2, -0.15) is 0 Å². The van der Waals surface area contributed by atoms with Gasteiger partial charge in [0.05, 0.1) is 6.61 Å². The van der Waals surface area contributed by atoms with Gasteiger partial charge in [0.1, 0.15) is 17.5 Å². The third-order valence-corrected chi connectivity index (χ3v) is 4.18. The van der Waals surface area contributed by atoms with Crippen LogP contribution in [-0.2, 0) is 4.79 Å². The van der Waals surface area contributed by atoms with Crippen molar-refractivity contribution in [3.8, 4) is 5.75 Å². The Morgan fingerprint density at radius 3 is 2.58 bits per heavy atom. The quantitative estimate of drug-likeness (QED) is 0.834. The number of hydrogen-bond acceptors (Lipinski definition) is 4. The van der Waals surface area contributed by atoms with Crippen molar-refractivity contribution in [1.29, 1.82) is 0 Å². The first-order valence-electron chi connectivity index (χ1n) is 7.66. The van der Waals surface area contributed by atoms with E-state index in [9.17, 15) is 4.79 Å². The lowest BCUT2D eigenvalue weighted by Gasteiger charge is -2.22. The molecule has 0 aliphatic heterocycles. The third-order valence-electron chi connectivity index (χ3n) is 3.48. The van der Waals surface area contributed by atoms with Gasteiger partial charge in [0.15, 0.2) is 5.15 Å². The number of aromatic nitrogens is 2. The van der Waals surface area contributed by atoms with Crippen LogP contribution in [0.25, 0.3) is 0 Å². The van der Waals surface area contributed by atoms with Crippen LogP contribution < -0.4 is 10.1 Å². The van der Waals surface area contributed by atoms with E-state index in [2.05, 4.69) is 15.3 Å². The fourth-order valence-corrected chi connectivity index (χ4v) is 2.64. The molecule has 0 saturated carbocycles. The van der Waals surface area contributed by atoms with Crippen LogP contribution in [0, 0.1) is 6.92 Å². The average Bonchev–Trinajstić information content (AvgIpc) is 2.57. The number of hydrogen-bond donors (Lipinski definition) is 1. The first-order chi connectivity index (χ1) is 11.5. The zero-order valence-electron chi connectivity index (χ0n) is 13.8. The Morgan fingerprint density at radius 2 is 1.96 bits per heavy atom. The monoisotopic (exact) mass is 367 g/mol. The van der Waals surface area contributed by atoms with Crippen LogP contribution in [0.4, 0.5) is 0 Å². The molecule has 1 aromatic carbocycles.